The highest BCUT2D eigenvalue weighted by atomic mass is 16.6. The van der Waals surface area contributed by atoms with E-state index in [-0.39, 0.29) is 26.1 Å². The third kappa shape index (κ3) is 9.57. The number of amides is 1. The molecule has 11 nitrogen and oxygen atoms in total. The maximum absolute atomic E-state index is 13.2. The van der Waals surface area contributed by atoms with Crippen LogP contribution in [0.1, 0.15) is 81.1 Å². The molecule has 1 atom stereocenters. The van der Waals surface area contributed by atoms with E-state index in [9.17, 15) is 19.2 Å². The lowest BCUT2D eigenvalue weighted by Gasteiger charge is -2.40. The summed E-state index contributed by atoms with van der Waals surface area (Å²) in [7, 11) is 0. The van der Waals surface area contributed by atoms with E-state index < -0.39 is 53.0 Å². The third-order valence-corrected chi connectivity index (χ3v) is 5.21. The van der Waals surface area contributed by atoms with Gasteiger partial charge in [-0.15, -0.1) is 0 Å². The lowest BCUT2D eigenvalue weighted by molar-refractivity contribution is -0.205. The minimum absolute atomic E-state index is 0.0147. The first-order valence-electron chi connectivity index (χ1n) is 12.5. The van der Waals surface area contributed by atoms with Gasteiger partial charge >= 0.3 is 24.0 Å². The molecule has 1 unspecified atom stereocenters. The van der Waals surface area contributed by atoms with Crippen molar-refractivity contribution in [2.45, 2.75) is 110 Å². The fraction of sp³-hybridized carbons (Fsp3) is 0.840. The second-order valence-corrected chi connectivity index (χ2v) is 10.7. The largest absolute Gasteiger partial charge is 0.463 e. The molecule has 0 spiro atoms. The number of carbonyl (C=O) groups excluding carboxylic acids is 4. The van der Waals surface area contributed by atoms with E-state index in [1.165, 1.54) is 0 Å². The molecule has 0 radical (unpaired) electrons. The van der Waals surface area contributed by atoms with Crippen LogP contribution in [0.4, 0.5) is 4.79 Å². The van der Waals surface area contributed by atoms with Crippen LogP contribution in [0.15, 0.2) is 0 Å². The minimum atomic E-state index is -2.27. The van der Waals surface area contributed by atoms with E-state index in [0.717, 1.165) is 0 Å². The highest BCUT2D eigenvalue weighted by molar-refractivity contribution is 6.04. The summed E-state index contributed by atoms with van der Waals surface area (Å²) in [5, 5.41) is 0. The molecule has 1 heterocycles. The molecule has 1 rings (SSSR count). The summed E-state index contributed by atoms with van der Waals surface area (Å²) in [6, 6.07) is -1.24. The number of likely N-dealkylation sites (tertiary alicyclic amines) is 1. The van der Waals surface area contributed by atoms with Gasteiger partial charge in [-0.3, -0.25) is 4.79 Å². The lowest BCUT2D eigenvalue weighted by atomic mass is 9.89. The molecule has 0 aromatic carbocycles. The van der Waals surface area contributed by atoms with Crippen LogP contribution in [0.25, 0.3) is 0 Å². The van der Waals surface area contributed by atoms with Gasteiger partial charge < -0.3 is 34.3 Å². The Hall–Kier alpha value is -2.40. The molecular formula is C25H44N2O9. The van der Waals surface area contributed by atoms with E-state index in [1.807, 2.05) is 0 Å². The summed E-state index contributed by atoms with van der Waals surface area (Å²) in [4.78, 5) is 52.6. The zero-order valence-corrected chi connectivity index (χ0v) is 23.0. The zero-order chi connectivity index (χ0) is 27.7. The van der Waals surface area contributed by atoms with Crippen LogP contribution >= 0.6 is 0 Å². The third-order valence-electron chi connectivity index (χ3n) is 5.21. The van der Waals surface area contributed by atoms with Crippen molar-refractivity contribution in [2.24, 2.45) is 5.73 Å². The molecule has 0 saturated carbocycles. The van der Waals surface area contributed by atoms with Crippen LogP contribution < -0.4 is 5.73 Å². The van der Waals surface area contributed by atoms with Gasteiger partial charge in [0.25, 0.3) is 5.60 Å². The van der Waals surface area contributed by atoms with Gasteiger partial charge in [0.1, 0.15) is 11.2 Å². The van der Waals surface area contributed by atoms with Crippen molar-refractivity contribution < 1.29 is 42.9 Å². The van der Waals surface area contributed by atoms with Crippen molar-refractivity contribution in [3.8, 4) is 0 Å². The van der Waals surface area contributed by atoms with Crippen molar-refractivity contribution >= 4 is 24.0 Å². The Balaban J connectivity index is 3.10. The summed E-state index contributed by atoms with van der Waals surface area (Å²) in [6.07, 6.45) is -0.595. The van der Waals surface area contributed by atoms with E-state index >= 15 is 0 Å². The molecule has 2 N–H and O–H groups in total. The van der Waals surface area contributed by atoms with E-state index in [0.29, 0.717) is 25.9 Å². The first-order valence-corrected chi connectivity index (χ1v) is 12.5. The van der Waals surface area contributed by atoms with Crippen LogP contribution in [-0.2, 0) is 38.1 Å². The van der Waals surface area contributed by atoms with E-state index in [4.69, 9.17) is 29.4 Å². The van der Waals surface area contributed by atoms with E-state index in [1.54, 1.807) is 60.3 Å². The molecule has 1 fully saturated rings. The van der Waals surface area contributed by atoms with Crippen LogP contribution in [0.3, 0.4) is 0 Å². The van der Waals surface area contributed by atoms with Gasteiger partial charge in [-0.2, -0.15) is 0 Å². The van der Waals surface area contributed by atoms with Crippen molar-refractivity contribution in [3.05, 3.63) is 0 Å². The van der Waals surface area contributed by atoms with Gasteiger partial charge in [0, 0.05) is 19.5 Å². The van der Waals surface area contributed by atoms with Gasteiger partial charge in [-0.1, -0.05) is 0 Å². The van der Waals surface area contributed by atoms with Crippen molar-refractivity contribution in [1.29, 1.82) is 0 Å². The van der Waals surface area contributed by atoms with Gasteiger partial charge in [0.15, 0.2) is 0 Å². The Bertz CT molecular complexity index is 744. The second kappa shape index (κ2) is 13.2. The van der Waals surface area contributed by atoms with E-state index in [2.05, 4.69) is 0 Å². The Labute approximate surface area is 214 Å². The molecule has 208 valence electrons. The summed E-state index contributed by atoms with van der Waals surface area (Å²) in [6.45, 7) is 14.3. The van der Waals surface area contributed by atoms with Crippen LogP contribution in [0, 0.1) is 0 Å². The predicted octanol–water partition coefficient (Wildman–Crippen LogP) is 2.72. The summed E-state index contributed by atoms with van der Waals surface area (Å²) in [5.74, 6) is -2.48. The fourth-order valence-corrected chi connectivity index (χ4v) is 3.66. The number of hydrogen-bond acceptors (Lipinski definition) is 10. The average molecular weight is 517 g/mol. The first kappa shape index (κ1) is 31.6. The Kier molecular flexibility index (Phi) is 11.6. The van der Waals surface area contributed by atoms with Gasteiger partial charge in [-0.05, 0) is 74.7 Å². The number of nitrogens with two attached hydrogens (primary N) is 1. The zero-order valence-electron chi connectivity index (χ0n) is 23.0. The van der Waals surface area contributed by atoms with Crippen molar-refractivity contribution in [3.63, 3.8) is 0 Å². The minimum Gasteiger partial charge on any atom is -0.463 e. The van der Waals surface area contributed by atoms with Gasteiger partial charge in [0.2, 0.25) is 0 Å². The molecule has 36 heavy (non-hydrogen) atoms. The SMILES string of the molecule is CCOC(=O)C(OC1CCN(C(=O)OC(C)(C)C)CC1)(C(=O)OCC)C(N)CCC(=O)OC(C)(C)C. The highest BCUT2D eigenvalue weighted by Gasteiger charge is 2.57. The molecule has 11 heteroatoms. The molecule has 1 saturated heterocycles. The fourth-order valence-electron chi connectivity index (χ4n) is 3.66. The molecule has 0 bridgehead atoms. The number of nitrogens with zero attached hydrogens (tertiary/aromatic N) is 1. The van der Waals surface area contributed by atoms with Crippen molar-refractivity contribution in [2.75, 3.05) is 26.3 Å². The Morgan fingerprint density at radius 3 is 1.75 bits per heavy atom. The normalized spacial score (nSPS) is 16.2. The summed E-state index contributed by atoms with van der Waals surface area (Å²) in [5.41, 5.74) is 2.77. The maximum atomic E-state index is 13.2. The Morgan fingerprint density at radius 2 is 1.33 bits per heavy atom. The average Bonchev–Trinajstić information content (AvgIpc) is 2.74. The smallest absolute Gasteiger partial charge is 0.410 e. The maximum Gasteiger partial charge on any atom is 0.410 e. The van der Waals surface area contributed by atoms with Crippen LogP contribution in [0.2, 0.25) is 0 Å². The predicted molar refractivity (Wildman–Crippen MR) is 131 cm³/mol. The van der Waals surface area contributed by atoms with Crippen molar-refractivity contribution in [1.82, 2.24) is 4.90 Å². The molecule has 0 aromatic rings. The topological polar surface area (TPSA) is 144 Å². The standard InChI is InChI=1S/C25H44N2O9/c1-9-32-20(29)25(21(30)33-10-2,18(26)11-12-19(28)35-23(3,4)5)34-17-13-15-27(16-14-17)22(31)36-24(6,7)8/h17-18H,9-16,26H2,1-8H3. The Morgan fingerprint density at radius 1 is 0.861 bits per heavy atom. The van der Waals surface area contributed by atoms with Crippen LogP contribution in [-0.4, -0.2) is 84.2 Å². The molecule has 0 aliphatic carbocycles. The molecule has 1 aliphatic heterocycles. The quantitative estimate of drug-likeness (QED) is 0.261. The molecular weight excluding hydrogens is 472 g/mol. The highest BCUT2D eigenvalue weighted by Crippen LogP contribution is 2.29. The number of rotatable bonds is 10. The second-order valence-electron chi connectivity index (χ2n) is 10.7. The van der Waals surface area contributed by atoms with Gasteiger partial charge in [-0.25, -0.2) is 14.4 Å². The monoisotopic (exact) mass is 516 g/mol. The molecule has 0 aromatic heterocycles. The van der Waals surface area contributed by atoms with Crippen LogP contribution in [0.5, 0.6) is 0 Å². The number of hydrogen-bond donors (Lipinski definition) is 1. The number of ether oxygens (including phenoxy) is 5. The molecule has 1 amide bonds. The number of esters is 3. The first-order chi connectivity index (χ1) is 16.6. The molecule has 1 aliphatic rings. The number of carbonyl (C=O) groups is 4. The lowest BCUT2D eigenvalue weighted by Crippen LogP contribution is -2.64. The summed E-state index contributed by atoms with van der Waals surface area (Å²) >= 11 is 0. The number of piperidine rings is 1. The summed E-state index contributed by atoms with van der Waals surface area (Å²) < 4.78 is 27.2. The van der Waals surface area contributed by atoms with Gasteiger partial charge in [0.05, 0.1) is 25.4 Å².